The topological polar surface area (TPSA) is 41.1 Å². The second kappa shape index (κ2) is 7.14. The van der Waals surface area contributed by atoms with Crippen molar-refractivity contribution in [1.29, 1.82) is 0 Å². The van der Waals surface area contributed by atoms with E-state index in [1.807, 2.05) is 12.1 Å². The minimum Gasteiger partial charge on any atom is -0.326 e. The zero-order valence-electron chi connectivity index (χ0n) is 14.3. The highest BCUT2D eigenvalue weighted by Crippen LogP contribution is 2.35. The highest BCUT2D eigenvalue weighted by molar-refractivity contribution is 6.42. The Balaban J connectivity index is 1.66. The molecule has 2 heterocycles. The molecule has 0 spiro atoms. The van der Waals surface area contributed by atoms with Crippen molar-refractivity contribution in [2.75, 3.05) is 16.8 Å². The van der Waals surface area contributed by atoms with E-state index in [0.29, 0.717) is 16.0 Å². The first-order valence-corrected chi connectivity index (χ1v) is 9.28. The maximum Gasteiger partial charge on any atom is 0.229 e. The van der Waals surface area contributed by atoms with Crippen LogP contribution in [0.25, 0.3) is 0 Å². The molecule has 3 aromatic rings. The molecule has 0 bridgehead atoms. The van der Waals surface area contributed by atoms with Crippen molar-refractivity contribution >= 4 is 46.3 Å². The van der Waals surface area contributed by atoms with E-state index in [-0.39, 0.29) is 0 Å². The monoisotopic (exact) mass is 384 g/mol. The van der Waals surface area contributed by atoms with Crippen LogP contribution in [-0.4, -0.2) is 16.5 Å². The maximum atomic E-state index is 6.09. The van der Waals surface area contributed by atoms with Gasteiger partial charge in [-0.05, 0) is 55.2 Å². The van der Waals surface area contributed by atoms with Crippen molar-refractivity contribution in [3.63, 3.8) is 0 Å². The van der Waals surface area contributed by atoms with Crippen molar-refractivity contribution in [1.82, 2.24) is 9.97 Å². The number of para-hydroxylation sites is 1. The van der Waals surface area contributed by atoms with Gasteiger partial charge in [-0.15, -0.1) is 0 Å². The van der Waals surface area contributed by atoms with Gasteiger partial charge in [0.15, 0.2) is 0 Å². The molecular weight excluding hydrogens is 367 g/mol. The highest BCUT2D eigenvalue weighted by Gasteiger charge is 2.21. The first-order valence-electron chi connectivity index (χ1n) is 8.53. The maximum absolute atomic E-state index is 6.09. The number of nitrogens with zero attached hydrogens (tertiary/aromatic N) is 3. The number of hydrogen-bond acceptors (Lipinski definition) is 4. The van der Waals surface area contributed by atoms with Gasteiger partial charge in [0.25, 0.3) is 0 Å². The fraction of sp³-hybridized carbons (Fsp3) is 0.200. The van der Waals surface area contributed by atoms with Crippen molar-refractivity contribution in [2.24, 2.45) is 0 Å². The van der Waals surface area contributed by atoms with Gasteiger partial charge in [-0.1, -0.05) is 41.4 Å². The number of hydrogen-bond donors (Lipinski definition) is 1. The third-order valence-electron chi connectivity index (χ3n) is 4.51. The molecule has 6 heteroatoms. The molecule has 1 N–H and O–H groups in total. The number of fused-ring (bicyclic) bond motifs is 1. The summed E-state index contributed by atoms with van der Waals surface area (Å²) in [6.07, 6.45) is 3.98. The molecule has 0 radical (unpaired) electrons. The summed E-state index contributed by atoms with van der Waals surface area (Å²) < 4.78 is 0. The largest absolute Gasteiger partial charge is 0.326 e. The van der Waals surface area contributed by atoms with Crippen molar-refractivity contribution in [2.45, 2.75) is 19.8 Å². The number of anilines is 4. The summed E-state index contributed by atoms with van der Waals surface area (Å²) in [5.41, 5.74) is 4.69. The normalized spacial score (nSPS) is 13.4. The fourth-order valence-corrected chi connectivity index (χ4v) is 3.64. The lowest BCUT2D eigenvalue weighted by molar-refractivity contribution is 0.756. The molecule has 2 aromatic carbocycles. The lowest BCUT2D eigenvalue weighted by Gasteiger charge is -2.32. The molecular formula is C20H18Cl2N4. The van der Waals surface area contributed by atoms with Gasteiger partial charge in [0.1, 0.15) is 5.82 Å². The van der Waals surface area contributed by atoms with Crippen LogP contribution >= 0.6 is 23.2 Å². The van der Waals surface area contributed by atoms with Gasteiger partial charge >= 0.3 is 0 Å². The van der Waals surface area contributed by atoms with Crippen molar-refractivity contribution in [3.8, 4) is 0 Å². The number of nitrogens with one attached hydrogen (secondary N) is 1. The Bertz CT molecular complexity index is 958. The predicted molar refractivity (Wildman–Crippen MR) is 108 cm³/mol. The Morgan fingerprint density at radius 3 is 2.81 bits per heavy atom. The first-order chi connectivity index (χ1) is 12.6. The van der Waals surface area contributed by atoms with Gasteiger partial charge in [0, 0.05) is 24.1 Å². The summed E-state index contributed by atoms with van der Waals surface area (Å²) in [6, 6.07) is 13.8. The van der Waals surface area contributed by atoms with E-state index in [2.05, 4.69) is 40.3 Å². The summed E-state index contributed by atoms with van der Waals surface area (Å²) in [5, 5.41) is 4.21. The van der Waals surface area contributed by atoms with Crippen LogP contribution in [0.5, 0.6) is 0 Å². The van der Waals surface area contributed by atoms with Crippen LogP contribution in [0, 0.1) is 6.92 Å². The molecule has 26 heavy (non-hydrogen) atoms. The van der Waals surface area contributed by atoms with Gasteiger partial charge in [0.2, 0.25) is 5.95 Å². The Hall–Kier alpha value is -2.30. The smallest absolute Gasteiger partial charge is 0.229 e. The zero-order chi connectivity index (χ0) is 18.1. The van der Waals surface area contributed by atoms with E-state index >= 15 is 0 Å². The summed E-state index contributed by atoms with van der Waals surface area (Å²) in [7, 11) is 0. The van der Waals surface area contributed by atoms with Crippen LogP contribution in [-0.2, 0) is 6.42 Å². The van der Waals surface area contributed by atoms with E-state index in [4.69, 9.17) is 28.2 Å². The lowest BCUT2D eigenvalue weighted by atomic mass is 9.98. The van der Waals surface area contributed by atoms with E-state index in [0.717, 1.165) is 30.9 Å². The molecule has 0 saturated carbocycles. The van der Waals surface area contributed by atoms with E-state index in [1.54, 1.807) is 18.3 Å². The third-order valence-corrected chi connectivity index (χ3v) is 5.25. The second-order valence-corrected chi connectivity index (χ2v) is 7.14. The Morgan fingerprint density at radius 1 is 1.08 bits per heavy atom. The van der Waals surface area contributed by atoms with E-state index in [9.17, 15) is 0 Å². The number of aromatic nitrogens is 2. The SMILES string of the molecule is Cc1cccc2c1N(c1ccnc(Nc3ccc(Cl)c(Cl)c3)n1)CCC2. The van der Waals surface area contributed by atoms with Crippen LogP contribution in [0.3, 0.4) is 0 Å². The average Bonchev–Trinajstić information content (AvgIpc) is 2.65. The number of aryl methyl sites for hydroxylation is 2. The lowest BCUT2D eigenvalue weighted by Crippen LogP contribution is -2.26. The van der Waals surface area contributed by atoms with Gasteiger partial charge in [-0.3, -0.25) is 0 Å². The molecule has 1 aliphatic heterocycles. The second-order valence-electron chi connectivity index (χ2n) is 6.33. The summed E-state index contributed by atoms with van der Waals surface area (Å²) in [4.78, 5) is 11.3. The molecule has 0 amide bonds. The van der Waals surface area contributed by atoms with Gasteiger partial charge in [-0.2, -0.15) is 4.98 Å². The number of halogens is 2. The standard InChI is InChI=1S/C20H18Cl2N4/c1-13-4-2-5-14-6-3-11-26(19(13)14)18-9-10-23-20(25-18)24-15-7-8-16(21)17(22)12-15/h2,4-5,7-10,12H,3,6,11H2,1H3,(H,23,24,25). The molecule has 1 aromatic heterocycles. The van der Waals surface area contributed by atoms with Crippen LogP contribution in [0.2, 0.25) is 10.0 Å². The Kier molecular flexibility index (Phi) is 4.70. The molecule has 0 unspecified atom stereocenters. The average molecular weight is 385 g/mol. The molecule has 0 atom stereocenters. The summed E-state index contributed by atoms with van der Waals surface area (Å²) in [6.45, 7) is 3.09. The van der Waals surface area contributed by atoms with Gasteiger partial charge in [0.05, 0.1) is 10.0 Å². The van der Waals surface area contributed by atoms with Crippen molar-refractivity contribution < 1.29 is 0 Å². The minimum absolute atomic E-state index is 0.494. The molecule has 0 fully saturated rings. The van der Waals surface area contributed by atoms with Crippen LogP contribution in [0.1, 0.15) is 17.5 Å². The van der Waals surface area contributed by atoms with E-state index < -0.39 is 0 Å². The number of benzene rings is 2. The Labute approximate surface area is 162 Å². The highest BCUT2D eigenvalue weighted by atomic mass is 35.5. The Morgan fingerprint density at radius 2 is 1.96 bits per heavy atom. The molecule has 0 saturated heterocycles. The third kappa shape index (κ3) is 3.35. The van der Waals surface area contributed by atoms with Crippen LogP contribution < -0.4 is 10.2 Å². The zero-order valence-corrected chi connectivity index (χ0v) is 15.8. The molecule has 4 rings (SSSR count). The first kappa shape index (κ1) is 17.1. The quantitative estimate of drug-likeness (QED) is 0.608. The van der Waals surface area contributed by atoms with Gasteiger partial charge in [-0.25, -0.2) is 4.98 Å². The number of rotatable bonds is 3. The van der Waals surface area contributed by atoms with Crippen LogP contribution in [0.4, 0.5) is 23.1 Å². The molecule has 132 valence electrons. The van der Waals surface area contributed by atoms with Gasteiger partial charge < -0.3 is 10.2 Å². The molecule has 1 aliphatic rings. The predicted octanol–water partition coefficient (Wildman–Crippen LogP) is 5.92. The molecule has 0 aliphatic carbocycles. The van der Waals surface area contributed by atoms with Crippen LogP contribution in [0.15, 0.2) is 48.7 Å². The summed E-state index contributed by atoms with van der Waals surface area (Å²) in [5.74, 6) is 1.42. The summed E-state index contributed by atoms with van der Waals surface area (Å²) >= 11 is 12.1. The fourth-order valence-electron chi connectivity index (χ4n) is 3.34. The molecule has 4 nitrogen and oxygen atoms in total. The minimum atomic E-state index is 0.494. The van der Waals surface area contributed by atoms with Crippen molar-refractivity contribution in [3.05, 3.63) is 69.8 Å². The van der Waals surface area contributed by atoms with E-state index in [1.165, 1.54) is 16.8 Å².